The smallest absolute Gasteiger partial charge is 0.387 e. The van der Waals surface area contributed by atoms with Crippen LogP contribution in [0, 0.1) is 0 Å². The lowest BCUT2D eigenvalue weighted by molar-refractivity contribution is -0.0498. The number of carbonyl (C=O) groups excluding carboxylic acids is 1. The molecule has 0 bridgehead atoms. The summed E-state index contributed by atoms with van der Waals surface area (Å²) in [6, 6.07) is 5.79. The summed E-state index contributed by atoms with van der Waals surface area (Å²) in [5, 5.41) is 0. The van der Waals surface area contributed by atoms with Crippen LogP contribution in [-0.4, -0.2) is 17.2 Å². The molecule has 1 rings (SSSR count). The van der Waals surface area contributed by atoms with Gasteiger partial charge in [0, 0.05) is 5.56 Å². The quantitative estimate of drug-likeness (QED) is 0.612. The van der Waals surface area contributed by atoms with Crippen LogP contribution in [-0.2, 0) is 0 Å². The highest BCUT2D eigenvalue weighted by atomic mass is 79.9. The molecule has 88 valence electrons. The number of benzene rings is 1. The second-order valence-corrected chi connectivity index (χ2v) is 4.25. The predicted molar refractivity (Wildman–Crippen MR) is 60.4 cm³/mol. The molecule has 0 aromatic heterocycles. The van der Waals surface area contributed by atoms with Crippen LogP contribution < -0.4 is 4.74 Å². The Kier molecular flexibility index (Phi) is 4.86. The third-order valence-electron chi connectivity index (χ3n) is 1.99. The van der Waals surface area contributed by atoms with Crippen LogP contribution >= 0.6 is 15.9 Å². The van der Waals surface area contributed by atoms with Crippen molar-refractivity contribution in [3.8, 4) is 5.75 Å². The molecular weight excluding hydrogens is 282 g/mol. The van der Waals surface area contributed by atoms with Crippen LogP contribution in [0.5, 0.6) is 5.75 Å². The molecule has 0 aliphatic heterocycles. The highest BCUT2D eigenvalue weighted by molar-refractivity contribution is 9.10. The van der Waals surface area contributed by atoms with E-state index < -0.39 is 6.61 Å². The zero-order chi connectivity index (χ0) is 12.1. The minimum atomic E-state index is -2.88. The fourth-order valence-electron chi connectivity index (χ4n) is 1.19. The number of ether oxygens (including phenoxy) is 1. The van der Waals surface area contributed by atoms with Crippen LogP contribution in [0.15, 0.2) is 24.3 Å². The Morgan fingerprint density at radius 2 is 2.19 bits per heavy atom. The van der Waals surface area contributed by atoms with Crippen molar-refractivity contribution < 1.29 is 18.3 Å². The molecule has 0 radical (unpaired) electrons. The van der Waals surface area contributed by atoms with Gasteiger partial charge in [0.1, 0.15) is 5.75 Å². The number of alkyl halides is 3. The predicted octanol–water partition coefficient (Wildman–Crippen LogP) is 3.64. The Labute approximate surface area is 101 Å². The lowest BCUT2D eigenvalue weighted by Gasteiger charge is -2.08. The van der Waals surface area contributed by atoms with E-state index in [1.165, 1.54) is 18.2 Å². The highest BCUT2D eigenvalue weighted by Gasteiger charge is 2.15. The van der Waals surface area contributed by atoms with Gasteiger partial charge in [0.25, 0.3) is 0 Å². The molecule has 0 aliphatic carbocycles. The summed E-state index contributed by atoms with van der Waals surface area (Å²) in [4.78, 5) is 11.4. The molecule has 2 nitrogen and oxygen atoms in total. The van der Waals surface area contributed by atoms with E-state index in [4.69, 9.17) is 0 Å². The molecule has 0 fully saturated rings. The summed E-state index contributed by atoms with van der Waals surface area (Å²) in [5.74, 6) is -0.140. The van der Waals surface area contributed by atoms with E-state index in [2.05, 4.69) is 20.7 Å². The first kappa shape index (κ1) is 13.1. The maximum Gasteiger partial charge on any atom is 0.387 e. The van der Waals surface area contributed by atoms with Crippen LogP contribution in [0.4, 0.5) is 8.78 Å². The monoisotopic (exact) mass is 292 g/mol. The van der Waals surface area contributed by atoms with Gasteiger partial charge in [-0.05, 0) is 18.6 Å². The molecule has 16 heavy (non-hydrogen) atoms. The van der Waals surface area contributed by atoms with Crippen molar-refractivity contribution >= 4 is 21.7 Å². The fourth-order valence-corrected chi connectivity index (χ4v) is 1.46. The summed E-state index contributed by atoms with van der Waals surface area (Å²) in [6.45, 7) is -1.02. The number of hydrogen-bond donors (Lipinski definition) is 0. The number of halogens is 3. The van der Waals surface area contributed by atoms with Gasteiger partial charge in [-0.3, -0.25) is 4.79 Å². The Hall–Kier alpha value is -0.970. The van der Waals surface area contributed by atoms with Gasteiger partial charge < -0.3 is 4.74 Å². The lowest BCUT2D eigenvalue weighted by Crippen LogP contribution is -2.13. The van der Waals surface area contributed by atoms with Crippen molar-refractivity contribution in [1.82, 2.24) is 0 Å². The number of carbonyl (C=O) groups is 1. The molecule has 0 aliphatic rings. The minimum Gasteiger partial charge on any atom is -0.435 e. The number of ketones is 1. The number of rotatable bonds is 5. The van der Waals surface area contributed by atoms with Gasteiger partial charge in [-0.25, -0.2) is 0 Å². The van der Waals surface area contributed by atoms with E-state index in [9.17, 15) is 13.6 Å². The highest BCUT2D eigenvalue weighted by Crippen LogP contribution is 2.19. The van der Waals surface area contributed by atoms with Crippen molar-refractivity contribution in [2.24, 2.45) is 0 Å². The molecule has 0 N–H and O–H groups in total. The Morgan fingerprint density at radius 3 is 2.75 bits per heavy atom. The van der Waals surface area contributed by atoms with Gasteiger partial charge in [0.2, 0.25) is 0 Å². The molecule has 0 amide bonds. The van der Waals surface area contributed by atoms with Crippen LogP contribution in [0.3, 0.4) is 0 Å². The summed E-state index contributed by atoms with van der Waals surface area (Å²) in [7, 11) is 0. The number of Topliss-reactive ketones (excluding diaryl/α,β-unsaturated/α-hetero) is 1. The van der Waals surface area contributed by atoms with Gasteiger partial charge in [0.15, 0.2) is 5.78 Å². The summed E-state index contributed by atoms with van der Waals surface area (Å²) in [6.07, 6.45) is 0.638. The van der Waals surface area contributed by atoms with Gasteiger partial charge in [0.05, 0.1) is 4.83 Å². The molecule has 0 saturated carbocycles. The third kappa shape index (κ3) is 3.56. The molecule has 5 heteroatoms. The minimum absolute atomic E-state index is 0.00310. The van der Waals surface area contributed by atoms with E-state index in [0.717, 1.165) is 0 Å². The van der Waals surface area contributed by atoms with Crippen molar-refractivity contribution in [2.45, 2.75) is 24.8 Å². The van der Waals surface area contributed by atoms with E-state index >= 15 is 0 Å². The van der Waals surface area contributed by atoms with Gasteiger partial charge in [-0.1, -0.05) is 35.0 Å². The van der Waals surface area contributed by atoms with Crippen LogP contribution in [0.25, 0.3) is 0 Å². The maximum atomic E-state index is 12.0. The van der Waals surface area contributed by atoms with Crippen molar-refractivity contribution in [1.29, 1.82) is 0 Å². The third-order valence-corrected chi connectivity index (χ3v) is 3.05. The van der Waals surface area contributed by atoms with E-state index in [0.29, 0.717) is 12.0 Å². The van der Waals surface area contributed by atoms with Gasteiger partial charge in [-0.2, -0.15) is 8.78 Å². The van der Waals surface area contributed by atoms with Crippen LogP contribution in [0.1, 0.15) is 23.7 Å². The topological polar surface area (TPSA) is 26.3 Å². The first-order valence-electron chi connectivity index (χ1n) is 4.77. The summed E-state index contributed by atoms with van der Waals surface area (Å²) >= 11 is 3.22. The second kappa shape index (κ2) is 5.94. The molecular formula is C11H11BrF2O2. The first-order valence-corrected chi connectivity index (χ1v) is 5.69. The van der Waals surface area contributed by atoms with E-state index in [1.807, 2.05) is 6.92 Å². The van der Waals surface area contributed by atoms with Crippen molar-refractivity contribution in [3.05, 3.63) is 29.8 Å². The second-order valence-electron chi connectivity index (χ2n) is 3.15. The molecule has 0 saturated heterocycles. The van der Waals surface area contributed by atoms with E-state index in [-0.39, 0.29) is 16.4 Å². The SMILES string of the molecule is CCC(Br)C(=O)c1cccc(OC(F)F)c1. The standard InChI is InChI=1S/C11H11BrF2O2/c1-2-9(12)10(15)7-4-3-5-8(6-7)16-11(13)14/h3-6,9,11H,2H2,1H3. The average molecular weight is 293 g/mol. The van der Waals surface area contributed by atoms with Crippen molar-refractivity contribution in [2.75, 3.05) is 0 Å². The molecule has 1 aromatic carbocycles. The molecule has 1 aromatic rings. The Balaban J connectivity index is 2.85. The van der Waals surface area contributed by atoms with Crippen LogP contribution in [0.2, 0.25) is 0 Å². The Morgan fingerprint density at radius 1 is 1.50 bits per heavy atom. The molecule has 0 spiro atoms. The normalized spacial score (nSPS) is 12.6. The van der Waals surface area contributed by atoms with Crippen molar-refractivity contribution in [3.63, 3.8) is 0 Å². The van der Waals surface area contributed by atoms with E-state index in [1.54, 1.807) is 6.07 Å². The maximum absolute atomic E-state index is 12.0. The van der Waals surface area contributed by atoms with Gasteiger partial charge >= 0.3 is 6.61 Å². The van der Waals surface area contributed by atoms with Gasteiger partial charge in [-0.15, -0.1) is 0 Å². The largest absolute Gasteiger partial charge is 0.435 e. The lowest BCUT2D eigenvalue weighted by atomic mass is 10.1. The average Bonchev–Trinajstić information content (AvgIpc) is 2.26. The zero-order valence-corrected chi connectivity index (χ0v) is 10.2. The molecule has 1 atom stereocenters. The number of hydrogen-bond acceptors (Lipinski definition) is 2. The summed E-state index contributed by atoms with van der Waals surface area (Å²) in [5.41, 5.74) is 0.363. The molecule has 0 heterocycles. The Bertz CT molecular complexity index is 369. The fraction of sp³-hybridized carbons (Fsp3) is 0.364. The molecule has 1 unspecified atom stereocenters. The zero-order valence-electron chi connectivity index (χ0n) is 8.62. The first-order chi connectivity index (χ1) is 7.54. The summed E-state index contributed by atoms with van der Waals surface area (Å²) < 4.78 is 28.1.